The van der Waals surface area contributed by atoms with Crippen LogP contribution in [-0.2, 0) is 5.54 Å². The minimum atomic E-state index is -0.622. The first-order chi connectivity index (χ1) is 16.7. The van der Waals surface area contributed by atoms with Gasteiger partial charge < -0.3 is 0 Å². The first kappa shape index (κ1) is 20.4. The Morgan fingerprint density at radius 2 is 1.38 bits per heavy atom. The second-order valence-corrected chi connectivity index (χ2v) is 8.95. The predicted octanol–water partition coefficient (Wildman–Crippen LogP) is 6.12. The Labute approximate surface area is 199 Å². The maximum Gasteiger partial charge on any atom is 0.133 e. The van der Waals surface area contributed by atoms with Crippen LogP contribution in [0.3, 0.4) is 0 Å². The number of anilines is 1. The van der Waals surface area contributed by atoms with Crippen LogP contribution >= 0.6 is 0 Å². The number of fused-ring (bicyclic) bond motifs is 1. The molecule has 0 radical (unpaired) electrons. The van der Waals surface area contributed by atoms with E-state index in [0.29, 0.717) is 0 Å². The molecule has 0 N–H and O–H groups in total. The van der Waals surface area contributed by atoms with Gasteiger partial charge >= 0.3 is 0 Å². The molecule has 2 heterocycles. The van der Waals surface area contributed by atoms with Gasteiger partial charge in [0.25, 0.3) is 0 Å². The Hall–Kier alpha value is -4.25. The maximum atomic E-state index is 5.29. The van der Waals surface area contributed by atoms with E-state index >= 15 is 0 Å². The van der Waals surface area contributed by atoms with Crippen LogP contribution in [0.1, 0.15) is 29.7 Å². The summed E-state index contributed by atoms with van der Waals surface area (Å²) in [6.07, 6.45) is 0. The average molecular weight is 444 g/mol. The molecule has 6 rings (SSSR count). The van der Waals surface area contributed by atoms with Crippen LogP contribution in [-0.4, -0.2) is 20.7 Å². The summed E-state index contributed by atoms with van der Waals surface area (Å²) in [5, 5.41) is 16.6. The molecule has 0 saturated heterocycles. The largest absolute Gasteiger partial charge is 0.255 e. The third-order valence-corrected chi connectivity index (χ3v) is 6.72. The Kier molecular flexibility index (Phi) is 4.77. The number of hydrogen-bond donors (Lipinski definition) is 0. The summed E-state index contributed by atoms with van der Waals surface area (Å²) in [6, 6.07) is 37.5. The van der Waals surface area contributed by atoms with Gasteiger partial charge in [-0.3, -0.25) is 5.01 Å². The van der Waals surface area contributed by atoms with Crippen molar-refractivity contribution in [1.29, 1.82) is 0 Å². The lowest BCUT2D eigenvalue weighted by Gasteiger charge is -2.36. The van der Waals surface area contributed by atoms with Crippen LogP contribution in [0.15, 0.2) is 114 Å². The summed E-state index contributed by atoms with van der Waals surface area (Å²) in [6.45, 7) is 4.34. The minimum absolute atomic E-state index is 0.129. The number of benzene rings is 4. The Morgan fingerprint density at radius 1 is 0.735 bits per heavy atom. The van der Waals surface area contributed by atoms with Crippen LogP contribution in [0, 0.1) is 6.92 Å². The van der Waals surface area contributed by atoms with Crippen molar-refractivity contribution in [3.05, 3.63) is 126 Å². The van der Waals surface area contributed by atoms with E-state index in [9.17, 15) is 0 Å². The van der Waals surface area contributed by atoms with Gasteiger partial charge in [0.1, 0.15) is 17.1 Å². The van der Waals surface area contributed by atoms with Gasteiger partial charge in [0.05, 0.1) is 16.9 Å². The molecule has 1 aliphatic heterocycles. The normalized spacial score (nSPS) is 20.0. The lowest BCUT2D eigenvalue weighted by Crippen LogP contribution is -2.45. The predicted molar refractivity (Wildman–Crippen MR) is 137 cm³/mol. The topological polar surface area (TPSA) is 46.3 Å². The summed E-state index contributed by atoms with van der Waals surface area (Å²) in [5.74, 6) is 0. The third-order valence-electron chi connectivity index (χ3n) is 6.72. The minimum Gasteiger partial charge on any atom is -0.255 e. The summed E-state index contributed by atoms with van der Waals surface area (Å²) >= 11 is 0. The van der Waals surface area contributed by atoms with Gasteiger partial charge in [-0.1, -0.05) is 95.7 Å². The molecule has 0 fully saturated rings. The highest BCUT2D eigenvalue weighted by molar-refractivity contribution is 6.09. The fourth-order valence-electron chi connectivity index (χ4n) is 5.01. The van der Waals surface area contributed by atoms with E-state index in [-0.39, 0.29) is 6.04 Å². The van der Waals surface area contributed by atoms with E-state index < -0.39 is 5.54 Å². The molecule has 0 saturated carbocycles. The van der Waals surface area contributed by atoms with E-state index in [0.717, 1.165) is 28.0 Å². The molecule has 1 aromatic heterocycles. The summed E-state index contributed by atoms with van der Waals surface area (Å²) in [5.41, 5.74) is 6.70. The molecule has 34 heavy (non-hydrogen) atoms. The van der Waals surface area contributed by atoms with Gasteiger partial charge in [0, 0.05) is 5.56 Å². The highest BCUT2D eigenvalue weighted by Gasteiger charge is 2.52. The van der Waals surface area contributed by atoms with Crippen molar-refractivity contribution in [2.24, 2.45) is 5.10 Å². The molecule has 4 aromatic carbocycles. The van der Waals surface area contributed by atoms with E-state index in [1.165, 1.54) is 11.1 Å². The molecule has 0 unspecified atom stereocenters. The first-order valence-corrected chi connectivity index (χ1v) is 11.5. The standard InChI is InChI=1S/C29H25N5/c1-21-17-19-23(20-18-21)28-29(2,34-26-16-10-9-15-25(26)30-32-34)27(22-11-5-3-6-12-22)31-33(28)24-13-7-4-8-14-24/h3-20,28H,1-2H3/t28-,29-/m0/s1. The monoisotopic (exact) mass is 443 g/mol. The van der Waals surface area contributed by atoms with Gasteiger partial charge in [0.15, 0.2) is 0 Å². The molecule has 0 bridgehead atoms. The van der Waals surface area contributed by atoms with Gasteiger partial charge in [-0.15, -0.1) is 5.10 Å². The van der Waals surface area contributed by atoms with E-state index in [4.69, 9.17) is 10.3 Å². The Balaban J connectivity index is 1.66. The van der Waals surface area contributed by atoms with Crippen molar-refractivity contribution >= 4 is 22.4 Å². The molecule has 0 spiro atoms. The van der Waals surface area contributed by atoms with Crippen LogP contribution in [0.2, 0.25) is 0 Å². The fraction of sp³-hybridized carbons (Fsp3) is 0.138. The smallest absolute Gasteiger partial charge is 0.133 e. The average Bonchev–Trinajstić information content (AvgIpc) is 3.46. The zero-order valence-corrected chi connectivity index (χ0v) is 19.2. The number of para-hydroxylation sites is 2. The van der Waals surface area contributed by atoms with Crippen LogP contribution < -0.4 is 5.01 Å². The summed E-state index contributed by atoms with van der Waals surface area (Å²) in [7, 11) is 0. The molecular weight excluding hydrogens is 418 g/mol. The first-order valence-electron chi connectivity index (χ1n) is 11.5. The van der Waals surface area contributed by atoms with Crippen molar-refractivity contribution in [2.75, 3.05) is 5.01 Å². The Bertz CT molecular complexity index is 1470. The summed E-state index contributed by atoms with van der Waals surface area (Å²) < 4.78 is 2.06. The molecule has 5 nitrogen and oxygen atoms in total. The molecule has 0 amide bonds. The summed E-state index contributed by atoms with van der Waals surface area (Å²) in [4.78, 5) is 0. The van der Waals surface area contributed by atoms with Crippen LogP contribution in [0.25, 0.3) is 11.0 Å². The fourth-order valence-corrected chi connectivity index (χ4v) is 5.01. The lowest BCUT2D eigenvalue weighted by molar-refractivity contribution is 0.343. The van der Waals surface area contributed by atoms with Gasteiger partial charge in [0.2, 0.25) is 0 Å². The highest BCUT2D eigenvalue weighted by atomic mass is 15.6. The van der Waals surface area contributed by atoms with Crippen LogP contribution in [0.5, 0.6) is 0 Å². The third kappa shape index (κ3) is 3.12. The quantitative estimate of drug-likeness (QED) is 0.336. The number of hydrogen-bond acceptors (Lipinski definition) is 4. The van der Waals surface area contributed by atoms with E-state index in [2.05, 4.69) is 107 Å². The van der Waals surface area contributed by atoms with E-state index in [1.807, 2.05) is 30.3 Å². The number of aryl methyl sites for hydroxylation is 1. The highest BCUT2D eigenvalue weighted by Crippen LogP contribution is 2.48. The zero-order valence-electron chi connectivity index (χ0n) is 19.2. The van der Waals surface area contributed by atoms with Gasteiger partial charge in [-0.2, -0.15) is 5.10 Å². The van der Waals surface area contributed by atoms with E-state index in [1.54, 1.807) is 0 Å². The Morgan fingerprint density at radius 3 is 2.12 bits per heavy atom. The number of hydrazone groups is 1. The molecule has 0 aliphatic carbocycles. The van der Waals surface area contributed by atoms with Crippen LogP contribution in [0.4, 0.5) is 5.69 Å². The van der Waals surface area contributed by atoms with Crippen molar-refractivity contribution in [3.63, 3.8) is 0 Å². The van der Waals surface area contributed by atoms with Crippen molar-refractivity contribution in [3.8, 4) is 0 Å². The molecule has 1 aliphatic rings. The molecule has 166 valence electrons. The number of aromatic nitrogens is 3. The van der Waals surface area contributed by atoms with Crippen molar-refractivity contribution in [1.82, 2.24) is 15.0 Å². The lowest BCUT2D eigenvalue weighted by atomic mass is 9.80. The second kappa shape index (κ2) is 7.96. The number of rotatable bonds is 4. The second-order valence-electron chi connectivity index (χ2n) is 8.95. The molecule has 2 atom stereocenters. The molecule has 5 aromatic rings. The SMILES string of the molecule is Cc1ccc([C@@H]2N(c3ccccc3)N=C(c3ccccc3)[C@]2(C)n2nnc3ccccc32)cc1. The van der Waals surface area contributed by atoms with Crippen molar-refractivity contribution < 1.29 is 0 Å². The molecular formula is C29H25N5. The zero-order chi connectivity index (χ0) is 23.1. The molecule has 5 heteroatoms. The maximum absolute atomic E-state index is 5.29. The number of nitrogens with zero attached hydrogens (tertiary/aromatic N) is 5. The van der Waals surface area contributed by atoms with Crippen molar-refractivity contribution in [2.45, 2.75) is 25.4 Å². The van der Waals surface area contributed by atoms with Gasteiger partial charge in [-0.25, -0.2) is 4.68 Å². The van der Waals surface area contributed by atoms with Gasteiger partial charge in [-0.05, 0) is 43.7 Å².